The molecule has 0 radical (unpaired) electrons. The number of imide groups is 1. The van der Waals surface area contributed by atoms with Crippen molar-refractivity contribution >= 4 is 28.6 Å². The first kappa shape index (κ1) is 30.0. The number of rotatable bonds is 9. The van der Waals surface area contributed by atoms with E-state index in [4.69, 9.17) is 9.47 Å². The second-order valence-electron chi connectivity index (χ2n) is 12.6. The third-order valence-corrected chi connectivity index (χ3v) is 8.36. The maximum Gasteiger partial charge on any atom is 0.255 e. The molecule has 3 aliphatic heterocycles. The Bertz CT molecular complexity index is 1620. The number of halogens is 1. The zero-order valence-corrected chi connectivity index (χ0v) is 25.0. The number of fused-ring (bicyclic) bond motifs is 2. The fourth-order valence-electron chi connectivity index (χ4n) is 6.38. The van der Waals surface area contributed by atoms with E-state index in [0.29, 0.717) is 55.2 Å². The van der Waals surface area contributed by atoms with Gasteiger partial charge in [-0.05, 0) is 61.7 Å². The van der Waals surface area contributed by atoms with E-state index < -0.39 is 23.4 Å². The first-order valence-electron chi connectivity index (χ1n) is 14.8. The average molecular weight is 606 g/mol. The van der Waals surface area contributed by atoms with Crippen molar-refractivity contribution in [3.05, 3.63) is 64.9 Å². The summed E-state index contributed by atoms with van der Waals surface area (Å²) in [6.45, 7) is 5.85. The Morgan fingerprint density at radius 3 is 2.73 bits per heavy atom. The van der Waals surface area contributed by atoms with Crippen molar-refractivity contribution in [2.75, 3.05) is 26.8 Å². The van der Waals surface area contributed by atoms with E-state index in [1.54, 1.807) is 39.3 Å². The van der Waals surface area contributed by atoms with Gasteiger partial charge in [0.2, 0.25) is 11.8 Å². The van der Waals surface area contributed by atoms with Crippen molar-refractivity contribution in [1.29, 1.82) is 0 Å². The van der Waals surface area contributed by atoms with E-state index in [-0.39, 0.29) is 48.7 Å². The summed E-state index contributed by atoms with van der Waals surface area (Å²) in [6, 6.07) is 8.04. The van der Waals surface area contributed by atoms with Crippen molar-refractivity contribution in [2.24, 2.45) is 5.92 Å². The summed E-state index contributed by atoms with van der Waals surface area (Å²) in [5.41, 5.74) is 1.32. The monoisotopic (exact) mass is 605 g/mol. The molecule has 3 atom stereocenters. The first-order chi connectivity index (χ1) is 21.0. The van der Waals surface area contributed by atoms with Crippen molar-refractivity contribution in [2.45, 2.75) is 63.9 Å². The fourth-order valence-corrected chi connectivity index (χ4v) is 6.38. The summed E-state index contributed by atoms with van der Waals surface area (Å²) in [5.74, 6) is -0.361. The van der Waals surface area contributed by atoms with Crippen LogP contribution in [-0.2, 0) is 33.8 Å². The third-order valence-electron chi connectivity index (χ3n) is 8.36. The number of carbonyl (C=O) groups is 3. The fraction of sp³-hybridized carbons (Fsp3) is 0.469. The lowest BCUT2D eigenvalue weighted by atomic mass is 10.0. The second-order valence-corrected chi connectivity index (χ2v) is 12.6. The van der Waals surface area contributed by atoms with Crippen molar-refractivity contribution in [1.82, 2.24) is 25.1 Å². The maximum atomic E-state index is 15.1. The van der Waals surface area contributed by atoms with Gasteiger partial charge in [-0.1, -0.05) is 0 Å². The van der Waals surface area contributed by atoms with Gasteiger partial charge in [0, 0.05) is 69.2 Å². The molecule has 11 nitrogen and oxygen atoms in total. The summed E-state index contributed by atoms with van der Waals surface area (Å²) in [5, 5.41) is 13.0. The van der Waals surface area contributed by atoms with Gasteiger partial charge in [0.15, 0.2) is 0 Å². The number of nitrogens with zero attached hydrogens (tertiary/aromatic N) is 4. The molecule has 2 aromatic carbocycles. The number of aliphatic hydroxyl groups is 1. The molecule has 3 aromatic rings. The normalized spacial score (nSPS) is 22.5. The Morgan fingerprint density at radius 1 is 1.16 bits per heavy atom. The standard InChI is InChI=1S/C32H36FN5O6/c1-32(2,42)11-27-34-12-19-8-18(9-24(33)29(19)35-27)13-37-14-21(17-43-3)26(16-37)44-22-4-5-23-20(10-22)15-38(31(23)41)25-6-7-28(39)36-30(25)40/h4-5,8-10,12,21,25-26,42H,6-7,11,13-17H2,1-3H3,(H,36,39,40)/t21-,25-,26+/m0/s1. The zero-order valence-electron chi connectivity index (χ0n) is 25.0. The molecular formula is C32H36FN5O6. The number of piperidine rings is 1. The van der Waals surface area contributed by atoms with Crippen LogP contribution in [0.4, 0.5) is 4.39 Å². The summed E-state index contributed by atoms with van der Waals surface area (Å²) in [4.78, 5) is 49.4. The van der Waals surface area contributed by atoms with Gasteiger partial charge in [0.25, 0.3) is 5.91 Å². The highest BCUT2D eigenvalue weighted by atomic mass is 19.1. The summed E-state index contributed by atoms with van der Waals surface area (Å²) in [6.07, 6.45) is 2.13. The van der Waals surface area contributed by atoms with Crippen LogP contribution < -0.4 is 10.1 Å². The predicted molar refractivity (Wildman–Crippen MR) is 157 cm³/mol. The zero-order chi connectivity index (χ0) is 31.2. The smallest absolute Gasteiger partial charge is 0.255 e. The van der Waals surface area contributed by atoms with E-state index >= 15 is 4.39 Å². The van der Waals surface area contributed by atoms with Gasteiger partial charge < -0.3 is 19.5 Å². The molecule has 0 saturated carbocycles. The number of nitrogens with one attached hydrogen (secondary N) is 1. The second kappa shape index (κ2) is 11.8. The summed E-state index contributed by atoms with van der Waals surface area (Å²) in [7, 11) is 1.65. The lowest BCUT2D eigenvalue weighted by molar-refractivity contribution is -0.136. The molecule has 0 spiro atoms. The molecule has 2 N–H and O–H groups in total. The van der Waals surface area contributed by atoms with Crippen LogP contribution in [0.1, 0.15) is 54.0 Å². The van der Waals surface area contributed by atoms with E-state index in [0.717, 1.165) is 11.1 Å². The highest BCUT2D eigenvalue weighted by molar-refractivity contribution is 6.05. The van der Waals surface area contributed by atoms with E-state index in [1.807, 2.05) is 12.1 Å². The van der Waals surface area contributed by atoms with Gasteiger partial charge >= 0.3 is 0 Å². The number of methoxy groups -OCH3 is 1. The maximum absolute atomic E-state index is 15.1. The van der Waals surface area contributed by atoms with Crippen molar-refractivity contribution in [3.63, 3.8) is 0 Å². The molecule has 6 rings (SSSR count). The highest BCUT2D eigenvalue weighted by Crippen LogP contribution is 2.32. The number of aromatic nitrogens is 2. The van der Waals surface area contributed by atoms with Gasteiger partial charge in [-0.15, -0.1) is 0 Å². The Morgan fingerprint density at radius 2 is 1.98 bits per heavy atom. The number of carbonyl (C=O) groups excluding carboxylic acids is 3. The molecular weight excluding hydrogens is 569 g/mol. The topological polar surface area (TPSA) is 134 Å². The number of hydrogen-bond donors (Lipinski definition) is 2. The molecule has 2 saturated heterocycles. The van der Waals surface area contributed by atoms with Crippen LogP contribution in [0.25, 0.3) is 10.9 Å². The predicted octanol–water partition coefficient (Wildman–Crippen LogP) is 2.37. The lowest BCUT2D eigenvalue weighted by Crippen LogP contribution is -2.52. The third kappa shape index (κ3) is 6.28. The summed E-state index contributed by atoms with van der Waals surface area (Å²) < 4.78 is 27.1. The highest BCUT2D eigenvalue weighted by Gasteiger charge is 2.40. The van der Waals surface area contributed by atoms with Crippen LogP contribution in [0.2, 0.25) is 0 Å². The molecule has 3 amide bonds. The molecule has 232 valence electrons. The molecule has 0 bridgehead atoms. The van der Waals surface area contributed by atoms with E-state index in [9.17, 15) is 19.5 Å². The van der Waals surface area contributed by atoms with Gasteiger partial charge in [-0.25, -0.2) is 14.4 Å². The van der Waals surface area contributed by atoms with Gasteiger partial charge in [0.1, 0.15) is 35.1 Å². The number of amides is 3. The molecule has 12 heteroatoms. The minimum atomic E-state index is -0.995. The van der Waals surface area contributed by atoms with E-state index in [2.05, 4.69) is 20.2 Å². The molecule has 0 aliphatic carbocycles. The Kier molecular flexibility index (Phi) is 8.08. The van der Waals surface area contributed by atoms with E-state index in [1.165, 1.54) is 11.0 Å². The average Bonchev–Trinajstić information content (AvgIpc) is 3.47. The Balaban J connectivity index is 1.14. The minimum Gasteiger partial charge on any atom is -0.489 e. The van der Waals surface area contributed by atoms with Crippen LogP contribution >= 0.6 is 0 Å². The SMILES string of the molecule is COC[C@@H]1CN(Cc2cc(F)c3nc(CC(C)(C)O)ncc3c2)C[C@H]1Oc1ccc2c(c1)CN([C@H]1CCC(=O)NC1=O)C2=O. The molecule has 44 heavy (non-hydrogen) atoms. The van der Waals surface area contributed by atoms with Crippen LogP contribution in [0.15, 0.2) is 36.5 Å². The summed E-state index contributed by atoms with van der Waals surface area (Å²) >= 11 is 0. The van der Waals surface area contributed by atoms with Crippen LogP contribution in [0.3, 0.4) is 0 Å². The number of likely N-dealkylation sites (tertiary alicyclic amines) is 1. The molecule has 1 aromatic heterocycles. The number of hydrogen-bond acceptors (Lipinski definition) is 9. The minimum absolute atomic E-state index is 0.0629. The van der Waals surface area contributed by atoms with Crippen LogP contribution in [0.5, 0.6) is 5.75 Å². The first-order valence-corrected chi connectivity index (χ1v) is 14.8. The van der Waals surface area contributed by atoms with Gasteiger partial charge in [-0.3, -0.25) is 24.6 Å². The molecule has 4 heterocycles. The van der Waals surface area contributed by atoms with Crippen LogP contribution in [0, 0.1) is 11.7 Å². The Hall–Kier alpha value is -4.00. The quantitative estimate of drug-likeness (QED) is 0.353. The lowest BCUT2D eigenvalue weighted by Gasteiger charge is -2.29. The molecule has 2 fully saturated rings. The van der Waals surface area contributed by atoms with Crippen LogP contribution in [-0.4, -0.2) is 87.1 Å². The van der Waals surface area contributed by atoms with Crippen molar-refractivity contribution in [3.8, 4) is 5.75 Å². The number of benzene rings is 2. The molecule has 3 aliphatic rings. The largest absolute Gasteiger partial charge is 0.489 e. The number of ether oxygens (including phenoxy) is 2. The molecule has 0 unspecified atom stereocenters. The van der Waals surface area contributed by atoms with Gasteiger partial charge in [0.05, 0.1) is 12.2 Å². The van der Waals surface area contributed by atoms with Gasteiger partial charge in [-0.2, -0.15) is 0 Å². The van der Waals surface area contributed by atoms with Crippen molar-refractivity contribution < 1.29 is 33.4 Å². The Labute approximate surface area is 254 Å².